The van der Waals surface area contributed by atoms with Gasteiger partial charge < -0.3 is 9.84 Å². The molecule has 0 aliphatic rings. The Balaban J connectivity index is 2.61. The van der Waals surface area contributed by atoms with Gasteiger partial charge in [-0.15, -0.1) is 0 Å². The van der Waals surface area contributed by atoms with Crippen LogP contribution in [0.2, 0.25) is 0 Å². The predicted molar refractivity (Wildman–Crippen MR) is 63.4 cm³/mol. The summed E-state index contributed by atoms with van der Waals surface area (Å²) < 4.78 is 5.19. The van der Waals surface area contributed by atoms with Gasteiger partial charge in [0, 0.05) is 4.47 Å². The SMILES string of the molecule is CCOC(=O)NNC(=O)c1ccc(Br)cc1O. The van der Waals surface area contributed by atoms with Gasteiger partial charge in [-0.1, -0.05) is 15.9 Å². The Morgan fingerprint density at radius 1 is 1.41 bits per heavy atom. The van der Waals surface area contributed by atoms with Crippen LogP contribution in [0.1, 0.15) is 17.3 Å². The summed E-state index contributed by atoms with van der Waals surface area (Å²) in [6, 6.07) is 4.39. The minimum Gasteiger partial charge on any atom is -0.507 e. The van der Waals surface area contributed by atoms with Crippen LogP contribution in [0.3, 0.4) is 0 Å². The zero-order chi connectivity index (χ0) is 12.8. The molecule has 2 amide bonds. The number of hydrogen-bond acceptors (Lipinski definition) is 4. The first-order chi connectivity index (χ1) is 8.04. The fourth-order valence-electron chi connectivity index (χ4n) is 1.04. The molecule has 0 aromatic heterocycles. The molecule has 0 radical (unpaired) electrons. The molecule has 0 spiro atoms. The highest BCUT2D eigenvalue weighted by atomic mass is 79.9. The van der Waals surface area contributed by atoms with Crippen LogP contribution in [0.5, 0.6) is 5.75 Å². The number of hydrazine groups is 1. The number of phenols is 1. The zero-order valence-electron chi connectivity index (χ0n) is 8.99. The lowest BCUT2D eigenvalue weighted by atomic mass is 10.2. The van der Waals surface area contributed by atoms with Crippen molar-refractivity contribution in [3.8, 4) is 5.75 Å². The van der Waals surface area contributed by atoms with Gasteiger partial charge in [0.15, 0.2) is 0 Å². The number of carbonyl (C=O) groups excluding carboxylic acids is 2. The number of nitrogens with one attached hydrogen (secondary N) is 2. The molecular weight excluding hydrogens is 292 g/mol. The van der Waals surface area contributed by atoms with E-state index in [0.29, 0.717) is 4.47 Å². The summed E-state index contributed by atoms with van der Waals surface area (Å²) in [6.07, 6.45) is -0.766. The number of carbonyl (C=O) groups is 2. The lowest BCUT2D eigenvalue weighted by Crippen LogP contribution is -2.41. The number of rotatable bonds is 2. The van der Waals surface area contributed by atoms with Gasteiger partial charge in [0.1, 0.15) is 5.75 Å². The topological polar surface area (TPSA) is 87.7 Å². The van der Waals surface area contributed by atoms with E-state index >= 15 is 0 Å². The first-order valence-corrected chi connectivity index (χ1v) is 5.55. The lowest BCUT2D eigenvalue weighted by Gasteiger charge is -2.08. The molecule has 92 valence electrons. The second-order valence-electron chi connectivity index (χ2n) is 2.96. The highest BCUT2D eigenvalue weighted by Crippen LogP contribution is 2.21. The van der Waals surface area contributed by atoms with E-state index in [4.69, 9.17) is 0 Å². The Labute approximate surface area is 106 Å². The molecule has 1 rings (SSSR count). The summed E-state index contributed by atoms with van der Waals surface area (Å²) >= 11 is 3.15. The van der Waals surface area contributed by atoms with Crippen molar-refractivity contribution in [1.29, 1.82) is 0 Å². The van der Waals surface area contributed by atoms with Crippen LogP contribution in [0.25, 0.3) is 0 Å². The highest BCUT2D eigenvalue weighted by molar-refractivity contribution is 9.10. The number of aromatic hydroxyl groups is 1. The summed E-state index contributed by atoms with van der Waals surface area (Å²) in [6.45, 7) is 1.84. The van der Waals surface area contributed by atoms with Crippen molar-refractivity contribution in [2.75, 3.05) is 6.61 Å². The average Bonchev–Trinajstić information content (AvgIpc) is 2.26. The van der Waals surface area contributed by atoms with Crippen LogP contribution in [0.15, 0.2) is 22.7 Å². The van der Waals surface area contributed by atoms with Crippen molar-refractivity contribution < 1.29 is 19.4 Å². The average molecular weight is 303 g/mol. The number of benzene rings is 1. The van der Waals surface area contributed by atoms with Crippen LogP contribution in [0.4, 0.5) is 4.79 Å². The Morgan fingerprint density at radius 2 is 2.12 bits per heavy atom. The van der Waals surface area contributed by atoms with Crippen LogP contribution in [0, 0.1) is 0 Å². The van der Waals surface area contributed by atoms with E-state index in [0.717, 1.165) is 0 Å². The van der Waals surface area contributed by atoms with Crippen molar-refractivity contribution in [2.45, 2.75) is 6.92 Å². The van der Waals surface area contributed by atoms with Gasteiger partial charge in [0.2, 0.25) is 0 Å². The molecular formula is C10H11BrN2O4. The molecule has 3 N–H and O–H groups in total. The lowest BCUT2D eigenvalue weighted by molar-refractivity contribution is 0.0910. The fourth-order valence-corrected chi connectivity index (χ4v) is 1.39. The Morgan fingerprint density at radius 3 is 2.71 bits per heavy atom. The van der Waals surface area contributed by atoms with Gasteiger partial charge in [-0.2, -0.15) is 0 Å². The van der Waals surface area contributed by atoms with Crippen molar-refractivity contribution >= 4 is 27.9 Å². The van der Waals surface area contributed by atoms with Crippen molar-refractivity contribution in [2.24, 2.45) is 0 Å². The third kappa shape index (κ3) is 3.95. The quantitative estimate of drug-likeness (QED) is 0.723. The van der Waals surface area contributed by atoms with Gasteiger partial charge in [-0.3, -0.25) is 10.2 Å². The number of phenolic OH excluding ortho intramolecular Hbond substituents is 1. The van der Waals surface area contributed by atoms with Crippen LogP contribution in [-0.2, 0) is 4.74 Å². The third-order valence-corrected chi connectivity index (χ3v) is 2.25. The molecule has 7 heteroatoms. The maximum atomic E-state index is 11.5. The smallest absolute Gasteiger partial charge is 0.426 e. The molecule has 6 nitrogen and oxygen atoms in total. The number of halogens is 1. The number of amides is 2. The van der Waals surface area contributed by atoms with Gasteiger partial charge in [-0.25, -0.2) is 10.2 Å². The van der Waals surface area contributed by atoms with E-state index in [1.54, 1.807) is 13.0 Å². The van der Waals surface area contributed by atoms with Gasteiger partial charge in [0.05, 0.1) is 12.2 Å². The minimum atomic E-state index is -0.766. The Hall–Kier alpha value is -1.76. The van der Waals surface area contributed by atoms with Crippen LogP contribution >= 0.6 is 15.9 Å². The molecule has 1 aromatic carbocycles. The minimum absolute atomic E-state index is 0.0463. The van der Waals surface area contributed by atoms with Crippen molar-refractivity contribution in [3.05, 3.63) is 28.2 Å². The van der Waals surface area contributed by atoms with Crippen molar-refractivity contribution in [3.63, 3.8) is 0 Å². The fraction of sp³-hybridized carbons (Fsp3) is 0.200. The Kier molecular flexibility index (Phi) is 4.77. The predicted octanol–water partition coefficient (Wildman–Crippen LogP) is 1.55. The summed E-state index contributed by atoms with van der Waals surface area (Å²) in [7, 11) is 0. The van der Waals surface area contributed by atoms with E-state index in [1.165, 1.54) is 12.1 Å². The van der Waals surface area contributed by atoms with E-state index < -0.39 is 12.0 Å². The highest BCUT2D eigenvalue weighted by Gasteiger charge is 2.12. The van der Waals surface area contributed by atoms with Gasteiger partial charge in [-0.05, 0) is 25.1 Å². The summed E-state index contributed by atoms with van der Waals surface area (Å²) in [4.78, 5) is 22.4. The first kappa shape index (κ1) is 13.3. The standard InChI is InChI=1S/C10H11BrN2O4/c1-2-17-10(16)13-12-9(15)7-4-3-6(11)5-8(7)14/h3-5,14H,2H2,1H3,(H,12,15)(H,13,16). The second-order valence-corrected chi connectivity index (χ2v) is 3.88. The molecule has 0 saturated heterocycles. The second kappa shape index (κ2) is 6.09. The van der Waals surface area contributed by atoms with Crippen LogP contribution in [-0.4, -0.2) is 23.7 Å². The molecule has 0 aliphatic carbocycles. The van der Waals surface area contributed by atoms with E-state index in [-0.39, 0.29) is 17.9 Å². The van der Waals surface area contributed by atoms with Crippen LogP contribution < -0.4 is 10.9 Å². The largest absolute Gasteiger partial charge is 0.507 e. The number of ether oxygens (including phenoxy) is 1. The molecule has 0 atom stereocenters. The molecule has 0 unspecified atom stereocenters. The van der Waals surface area contributed by atoms with Gasteiger partial charge in [0.25, 0.3) is 5.91 Å². The molecule has 0 aliphatic heterocycles. The van der Waals surface area contributed by atoms with E-state index in [9.17, 15) is 14.7 Å². The monoisotopic (exact) mass is 302 g/mol. The number of hydrogen-bond donors (Lipinski definition) is 3. The molecule has 0 fully saturated rings. The molecule has 17 heavy (non-hydrogen) atoms. The van der Waals surface area contributed by atoms with E-state index in [2.05, 4.69) is 26.1 Å². The summed E-state index contributed by atoms with van der Waals surface area (Å²) in [5.74, 6) is -0.828. The van der Waals surface area contributed by atoms with E-state index in [1.807, 2.05) is 5.43 Å². The normalized spacial score (nSPS) is 9.53. The van der Waals surface area contributed by atoms with Gasteiger partial charge >= 0.3 is 6.09 Å². The summed E-state index contributed by atoms with van der Waals surface area (Å²) in [5, 5.41) is 9.50. The zero-order valence-corrected chi connectivity index (χ0v) is 10.6. The summed E-state index contributed by atoms with van der Waals surface area (Å²) in [5.41, 5.74) is 4.19. The molecule has 0 saturated carbocycles. The Bertz CT molecular complexity index is 436. The third-order valence-electron chi connectivity index (χ3n) is 1.76. The maximum Gasteiger partial charge on any atom is 0.426 e. The first-order valence-electron chi connectivity index (χ1n) is 4.76. The molecule has 0 bridgehead atoms. The molecule has 0 heterocycles. The van der Waals surface area contributed by atoms with Crippen molar-refractivity contribution in [1.82, 2.24) is 10.9 Å². The maximum absolute atomic E-state index is 11.5. The molecule has 1 aromatic rings.